The summed E-state index contributed by atoms with van der Waals surface area (Å²) in [5, 5.41) is 7.76. The van der Waals surface area contributed by atoms with Gasteiger partial charge in [0.1, 0.15) is 18.5 Å². The lowest BCUT2D eigenvalue weighted by molar-refractivity contribution is -0.659. The second-order valence-electron chi connectivity index (χ2n) is 13.1. The Morgan fingerprint density at radius 1 is 0.816 bits per heavy atom. The lowest BCUT2D eigenvalue weighted by atomic mass is 9.81. The van der Waals surface area contributed by atoms with Crippen molar-refractivity contribution in [3.63, 3.8) is 0 Å². The molecule has 0 saturated heterocycles. The van der Waals surface area contributed by atoms with Crippen LogP contribution in [-0.4, -0.2) is 0 Å². The molecule has 0 saturated carbocycles. The van der Waals surface area contributed by atoms with Crippen LogP contribution in [0.1, 0.15) is 82.6 Å². The van der Waals surface area contributed by atoms with Gasteiger partial charge in [0.05, 0.1) is 10.9 Å². The molecule has 0 unspecified atom stereocenters. The van der Waals surface area contributed by atoms with Crippen molar-refractivity contribution in [2.75, 3.05) is 0 Å². The van der Waals surface area contributed by atoms with Gasteiger partial charge in [-0.05, 0) is 74.9 Å². The molecule has 0 aliphatic carbocycles. The van der Waals surface area contributed by atoms with E-state index < -0.39 is 0 Å². The molecule has 0 spiro atoms. The highest BCUT2D eigenvalue weighted by molar-refractivity contribution is 6.17. The topological polar surface area (TPSA) is 13.1 Å². The number of aromatic nitrogens is 1. The van der Waals surface area contributed by atoms with Gasteiger partial charge in [-0.3, -0.25) is 0 Å². The summed E-state index contributed by atoms with van der Waals surface area (Å²) in [6.07, 6.45) is 3.18. The van der Waals surface area contributed by atoms with Gasteiger partial charge in [0.2, 0.25) is 5.69 Å². The predicted molar refractivity (Wildman–Crippen MR) is 162 cm³/mol. The fourth-order valence-electron chi connectivity index (χ4n) is 6.48. The maximum atomic E-state index is 7.08. The number of nitrogens with zero attached hydrogens (tertiary/aromatic N) is 1. The van der Waals surface area contributed by atoms with Crippen LogP contribution < -0.4 is 9.30 Å². The van der Waals surface area contributed by atoms with E-state index in [1.807, 2.05) is 0 Å². The van der Waals surface area contributed by atoms with Gasteiger partial charge in [-0.2, -0.15) is 0 Å². The van der Waals surface area contributed by atoms with E-state index in [2.05, 4.69) is 122 Å². The first-order chi connectivity index (χ1) is 18.0. The standard InChI is InChI=1S/C36H40NO/c1-20(2)23-13-14-26-28(17-23)22(5)32-34-33-27(15-16-37(34)9)25-12-10-11-24(21(3)4)29(25)18-31(33)38-35(32)30(26)19-36(6,7)8/h10-18,20-21H,19H2,1-9H3/q+1. The molecule has 1 aromatic heterocycles. The van der Waals surface area contributed by atoms with Crippen LogP contribution in [0.3, 0.4) is 0 Å². The highest BCUT2D eigenvalue weighted by Gasteiger charge is 2.34. The summed E-state index contributed by atoms with van der Waals surface area (Å²) < 4.78 is 9.38. The number of benzene rings is 4. The first-order valence-electron chi connectivity index (χ1n) is 14.1. The van der Waals surface area contributed by atoms with Crippen molar-refractivity contribution in [3.8, 4) is 22.8 Å². The van der Waals surface area contributed by atoms with Gasteiger partial charge in [-0.25, -0.2) is 4.57 Å². The Balaban J connectivity index is 1.80. The van der Waals surface area contributed by atoms with Crippen LogP contribution in [0.25, 0.3) is 43.6 Å². The molecule has 0 bridgehead atoms. The third-order valence-corrected chi connectivity index (χ3v) is 8.37. The first kappa shape index (κ1) is 24.9. The molecule has 0 amide bonds. The van der Waals surface area contributed by atoms with Crippen molar-refractivity contribution in [2.45, 2.75) is 73.6 Å². The monoisotopic (exact) mass is 502 g/mol. The molecule has 2 heterocycles. The summed E-state index contributed by atoms with van der Waals surface area (Å²) in [5.41, 5.74) is 8.02. The zero-order valence-electron chi connectivity index (χ0n) is 24.4. The first-order valence-corrected chi connectivity index (χ1v) is 14.1. The number of hydrogen-bond donors (Lipinski definition) is 0. The van der Waals surface area contributed by atoms with Gasteiger partial charge in [0.15, 0.2) is 6.20 Å². The molecular formula is C36H40NO+. The Labute approximate surface area is 227 Å². The number of hydrogen-bond acceptors (Lipinski definition) is 1. The summed E-state index contributed by atoms with van der Waals surface area (Å²) in [6, 6.07) is 18.4. The number of pyridine rings is 1. The van der Waals surface area contributed by atoms with Gasteiger partial charge in [0.25, 0.3) is 0 Å². The summed E-state index contributed by atoms with van der Waals surface area (Å²) >= 11 is 0. The van der Waals surface area contributed by atoms with Crippen LogP contribution in [0, 0.1) is 12.3 Å². The minimum Gasteiger partial charge on any atom is -0.455 e. The quantitative estimate of drug-likeness (QED) is 0.173. The van der Waals surface area contributed by atoms with Gasteiger partial charge in [-0.15, -0.1) is 0 Å². The highest BCUT2D eigenvalue weighted by Crippen LogP contribution is 2.53. The molecule has 5 aromatic rings. The minimum absolute atomic E-state index is 0.124. The van der Waals surface area contributed by atoms with Gasteiger partial charge >= 0.3 is 0 Å². The van der Waals surface area contributed by atoms with Crippen molar-refractivity contribution in [2.24, 2.45) is 12.5 Å². The Kier molecular flexibility index (Phi) is 5.61. The minimum atomic E-state index is 0.124. The Hall–Kier alpha value is -3.39. The summed E-state index contributed by atoms with van der Waals surface area (Å²) in [4.78, 5) is 0. The van der Waals surface area contributed by atoms with E-state index in [9.17, 15) is 0 Å². The normalized spacial score (nSPS) is 13.1. The highest BCUT2D eigenvalue weighted by atomic mass is 16.5. The Morgan fingerprint density at radius 3 is 2.26 bits per heavy atom. The van der Waals surface area contributed by atoms with Crippen LogP contribution in [-0.2, 0) is 13.5 Å². The Morgan fingerprint density at radius 2 is 1.58 bits per heavy atom. The molecule has 2 nitrogen and oxygen atoms in total. The van der Waals surface area contributed by atoms with E-state index in [0.29, 0.717) is 11.8 Å². The Bertz CT molecular complexity index is 1770. The number of aryl methyl sites for hydroxylation is 2. The maximum absolute atomic E-state index is 7.08. The van der Waals surface area contributed by atoms with Crippen molar-refractivity contribution >= 4 is 32.3 Å². The number of fused-ring (bicyclic) bond motifs is 5. The average molecular weight is 503 g/mol. The number of ether oxygens (including phenoxy) is 1. The smallest absolute Gasteiger partial charge is 0.228 e. The van der Waals surface area contributed by atoms with Crippen molar-refractivity contribution in [1.82, 2.24) is 0 Å². The van der Waals surface area contributed by atoms with Crippen molar-refractivity contribution < 1.29 is 9.30 Å². The molecule has 2 heteroatoms. The van der Waals surface area contributed by atoms with Crippen LogP contribution in [0.2, 0.25) is 0 Å². The zero-order valence-corrected chi connectivity index (χ0v) is 24.4. The van der Waals surface area contributed by atoms with E-state index in [1.165, 1.54) is 65.8 Å². The molecule has 0 fully saturated rings. The zero-order chi connectivity index (χ0) is 27.1. The van der Waals surface area contributed by atoms with E-state index in [4.69, 9.17) is 4.74 Å². The molecule has 6 rings (SSSR count). The molecule has 0 radical (unpaired) electrons. The van der Waals surface area contributed by atoms with Crippen molar-refractivity contribution in [3.05, 3.63) is 77.0 Å². The summed E-state index contributed by atoms with van der Waals surface area (Å²) in [7, 11) is 2.18. The molecule has 1 aliphatic rings. The van der Waals surface area contributed by atoms with Gasteiger partial charge < -0.3 is 4.74 Å². The second kappa shape index (κ2) is 8.56. The van der Waals surface area contributed by atoms with Crippen LogP contribution in [0.4, 0.5) is 0 Å². The molecule has 4 aromatic carbocycles. The fraction of sp³-hybridized carbons (Fsp3) is 0.361. The summed E-state index contributed by atoms with van der Waals surface area (Å²) in [5.74, 6) is 2.95. The molecule has 0 atom stereocenters. The molecular weight excluding hydrogens is 462 g/mol. The van der Waals surface area contributed by atoms with E-state index in [1.54, 1.807) is 0 Å². The fourth-order valence-corrected chi connectivity index (χ4v) is 6.48. The SMILES string of the molecule is Cc1c2c(c(CC(C)(C)C)c3ccc(C(C)C)cc13)Oc1cc3c(C(C)C)cccc3c3cc[n+](C)c-2c13. The average Bonchev–Trinajstić information content (AvgIpc) is 2.86. The van der Waals surface area contributed by atoms with Gasteiger partial charge in [0, 0.05) is 17.0 Å². The van der Waals surface area contributed by atoms with E-state index in [0.717, 1.165) is 17.9 Å². The maximum Gasteiger partial charge on any atom is 0.228 e. The van der Waals surface area contributed by atoms with Crippen molar-refractivity contribution in [1.29, 1.82) is 0 Å². The lowest BCUT2D eigenvalue weighted by Gasteiger charge is -2.29. The molecule has 38 heavy (non-hydrogen) atoms. The van der Waals surface area contributed by atoms with Gasteiger partial charge in [-0.1, -0.05) is 84.9 Å². The second-order valence-corrected chi connectivity index (χ2v) is 13.1. The van der Waals surface area contributed by atoms with Crippen LogP contribution >= 0.6 is 0 Å². The van der Waals surface area contributed by atoms with Crippen LogP contribution in [0.15, 0.2) is 54.7 Å². The molecule has 0 N–H and O–H groups in total. The predicted octanol–water partition coefficient (Wildman–Crippen LogP) is 9.89. The molecule has 194 valence electrons. The van der Waals surface area contributed by atoms with E-state index >= 15 is 0 Å². The molecule has 1 aliphatic heterocycles. The third-order valence-electron chi connectivity index (χ3n) is 8.37. The van der Waals surface area contributed by atoms with E-state index in [-0.39, 0.29) is 5.41 Å². The third kappa shape index (κ3) is 3.72. The lowest BCUT2D eigenvalue weighted by Crippen LogP contribution is -2.32. The largest absolute Gasteiger partial charge is 0.455 e. The number of rotatable bonds is 3. The summed E-state index contributed by atoms with van der Waals surface area (Å²) in [6.45, 7) is 18.4. The van der Waals surface area contributed by atoms with Crippen LogP contribution in [0.5, 0.6) is 11.5 Å².